The molecule has 2 aromatic heterocycles. The molecule has 0 amide bonds. The fraction of sp³-hybridized carbons (Fsp3) is 0.118. The van der Waals surface area contributed by atoms with E-state index in [0.717, 1.165) is 32.8 Å². The largest absolute Gasteiger partial charge is 0.258 e. The van der Waals surface area contributed by atoms with Crippen LogP contribution in [0.5, 0.6) is 0 Å². The van der Waals surface area contributed by atoms with E-state index in [4.69, 9.17) is 0 Å². The van der Waals surface area contributed by atoms with Crippen LogP contribution in [0.1, 0.15) is 12.6 Å². The summed E-state index contributed by atoms with van der Waals surface area (Å²) in [6.45, 7) is 2.74. The molecule has 0 spiro atoms. The summed E-state index contributed by atoms with van der Waals surface area (Å²) in [7, 11) is 0. The smallest absolute Gasteiger partial charge is 0.206 e. The van der Waals surface area contributed by atoms with Gasteiger partial charge in [0.1, 0.15) is 0 Å². The van der Waals surface area contributed by atoms with E-state index in [-0.39, 0.29) is 0 Å². The molecule has 3 rings (SSSR count). The van der Waals surface area contributed by atoms with E-state index in [1.165, 1.54) is 0 Å². The molecule has 3 aromatic rings. The Labute approximate surface area is 147 Å². The molecule has 116 valence electrons. The molecule has 0 bridgehead atoms. The number of aromatic nitrogens is 2. The third-order valence-corrected chi connectivity index (χ3v) is 4.49. The number of hydrogen-bond acceptors (Lipinski definition) is 4. The van der Waals surface area contributed by atoms with Crippen LogP contribution in [-0.2, 0) is 0 Å². The van der Waals surface area contributed by atoms with Crippen molar-refractivity contribution in [2.24, 2.45) is 10.1 Å². The highest BCUT2D eigenvalue weighted by molar-refractivity contribution is 9.10. The maximum atomic E-state index is 4.59. The molecule has 1 aromatic carbocycles. The van der Waals surface area contributed by atoms with E-state index in [2.05, 4.69) is 48.5 Å². The highest BCUT2D eigenvalue weighted by Gasteiger charge is 2.07. The number of thiazole rings is 1. The van der Waals surface area contributed by atoms with E-state index in [1.807, 2.05) is 41.9 Å². The van der Waals surface area contributed by atoms with Gasteiger partial charge in [-0.05, 0) is 31.2 Å². The Hall–Kier alpha value is -2.05. The predicted octanol–water partition coefficient (Wildman–Crippen LogP) is 4.18. The van der Waals surface area contributed by atoms with Gasteiger partial charge in [-0.3, -0.25) is 9.98 Å². The minimum absolute atomic E-state index is 0.722. The standard InChI is InChI=1S/C17H15BrN4S/c1-2-19-17-22(21-11-15-5-3-4-10-20-15)16(12-23-17)13-6-8-14(18)9-7-13/h3-12H,2H2,1H3. The number of pyridine rings is 1. The second kappa shape index (κ2) is 7.48. The van der Waals surface area contributed by atoms with Gasteiger partial charge in [-0.2, -0.15) is 5.10 Å². The highest BCUT2D eigenvalue weighted by atomic mass is 79.9. The van der Waals surface area contributed by atoms with E-state index in [0.29, 0.717) is 0 Å². The monoisotopic (exact) mass is 386 g/mol. The van der Waals surface area contributed by atoms with Crippen molar-refractivity contribution < 1.29 is 0 Å². The van der Waals surface area contributed by atoms with Gasteiger partial charge in [0.05, 0.1) is 17.6 Å². The molecule has 23 heavy (non-hydrogen) atoms. The van der Waals surface area contributed by atoms with Gasteiger partial charge in [0.2, 0.25) is 4.80 Å². The number of halogens is 1. The van der Waals surface area contributed by atoms with Crippen molar-refractivity contribution in [2.75, 3.05) is 6.54 Å². The first-order chi connectivity index (χ1) is 11.3. The van der Waals surface area contributed by atoms with Crippen molar-refractivity contribution in [1.29, 1.82) is 0 Å². The average Bonchev–Trinajstić information content (AvgIpc) is 2.98. The molecule has 2 heterocycles. The lowest BCUT2D eigenvalue weighted by Crippen LogP contribution is -2.12. The quantitative estimate of drug-likeness (QED) is 0.620. The normalized spacial score (nSPS) is 12.2. The fourth-order valence-electron chi connectivity index (χ4n) is 2.04. The highest BCUT2D eigenvalue weighted by Crippen LogP contribution is 2.22. The third kappa shape index (κ3) is 3.83. The summed E-state index contributed by atoms with van der Waals surface area (Å²) in [4.78, 5) is 9.67. The zero-order valence-electron chi connectivity index (χ0n) is 12.6. The molecule has 0 saturated heterocycles. The Morgan fingerprint density at radius 1 is 1.22 bits per heavy atom. The minimum atomic E-state index is 0.722. The Morgan fingerprint density at radius 2 is 2.04 bits per heavy atom. The predicted molar refractivity (Wildman–Crippen MR) is 98.8 cm³/mol. The number of hydrogen-bond donors (Lipinski definition) is 0. The zero-order valence-corrected chi connectivity index (χ0v) is 15.0. The first kappa shape index (κ1) is 15.8. The number of rotatable bonds is 4. The van der Waals surface area contributed by atoms with Crippen LogP contribution in [0.2, 0.25) is 0 Å². The van der Waals surface area contributed by atoms with E-state index >= 15 is 0 Å². The molecule has 0 N–H and O–H groups in total. The van der Waals surface area contributed by atoms with Gasteiger partial charge in [-0.15, -0.1) is 11.3 Å². The molecular formula is C17H15BrN4S. The van der Waals surface area contributed by atoms with Gasteiger partial charge >= 0.3 is 0 Å². The topological polar surface area (TPSA) is 42.5 Å². The summed E-state index contributed by atoms with van der Waals surface area (Å²) in [5.74, 6) is 0. The summed E-state index contributed by atoms with van der Waals surface area (Å²) in [5, 5.41) is 6.66. The van der Waals surface area contributed by atoms with Crippen molar-refractivity contribution in [3.05, 3.63) is 69.0 Å². The number of benzene rings is 1. The molecule has 0 aliphatic rings. The SMILES string of the molecule is CCN=c1scc(-c2ccc(Br)cc2)n1N=Cc1ccccn1. The summed E-state index contributed by atoms with van der Waals surface area (Å²) < 4.78 is 2.92. The zero-order chi connectivity index (χ0) is 16.1. The molecular weight excluding hydrogens is 372 g/mol. The Bertz CT molecular complexity index is 864. The van der Waals surface area contributed by atoms with Crippen molar-refractivity contribution in [3.63, 3.8) is 0 Å². The van der Waals surface area contributed by atoms with Crippen LogP contribution in [0.4, 0.5) is 0 Å². The fourth-order valence-corrected chi connectivity index (χ4v) is 3.21. The second-order valence-electron chi connectivity index (χ2n) is 4.70. The minimum Gasteiger partial charge on any atom is -0.258 e. The van der Waals surface area contributed by atoms with Crippen LogP contribution in [0.15, 0.2) is 68.6 Å². The first-order valence-electron chi connectivity index (χ1n) is 7.20. The molecule has 6 heteroatoms. The van der Waals surface area contributed by atoms with Crippen molar-refractivity contribution in [1.82, 2.24) is 9.66 Å². The lowest BCUT2D eigenvalue weighted by atomic mass is 10.2. The van der Waals surface area contributed by atoms with E-state index in [1.54, 1.807) is 23.7 Å². The summed E-state index contributed by atoms with van der Waals surface area (Å²) in [5.41, 5.74) is 2.93. The van der Waals surface area contributed by atoms with Gasteiger partial charge in [0.25, 0.3) is 0 Å². The summed E-state index contributed by atoms with van der Waals surface area (Å²) in [6, 6.07) is 13.9. The molecule has 0 saturated carbocycles. The van der Waals surface area contributed by atoms with Crippen molar-refractivity contribution >= 4 is 33.5 Å². The molecule has 0 aliphatic heterocycles. The van der Waals surface area contributed by atoms with Gasteiger partial charge in [0.15, 0.2) is 0 Å². The Balaban J connectivity index is 2.06. The van der Waals surface area contributed by atoms with Crippen LogP contribution >= 0.6 is 27.3 Å². The molecule has 0 atom stereocenters. The third-order valence-electron chi connectivity index (χ3n) is 3.11. The molecule has 0 fully saturated rings. The van der Waals surface area contributed by atoms with Crippen LogP contribution in [0.3, 0.4) is 0 Å². The van der Waals surface area contributed by atoms with E-state index in [9.17, 15) is 0 Å². The van der Waals surface area contributed by atoms with Gasteiger partial charge in [-0.1, -0.05) is 34.1 Å². The lowest BCUT2D eigenvalue weighted by molar-refractivity contribution is 0.832. The van der Waals surface area contributed by atoms with Gasteiger partial charge in [-0.25, -0.2) is 4.68 Å². The maximum absolute atomic E-state index is 4.59. The van der Waals surface area contributed by atoms with Crippen LogP contribution < -0.4 is 4.80 Å². The molecule has 0 radical (unpaired) electrons. The Morgan fingerprint density at radius 3 is 2.74 bits per heavy atom. The number of nitrogens with zero attached hydrogens (tertiary/aromatic N) is 4. The van der Waals surface area contributed by atoms with Crippen LogP contribution in [-0.4, -0.2) is 22.4 Å². The first-order valence-corrected chi connectivity index (χ1v) is 8.87. The average molecular weight is 387 g/mol. The van der Waals surface area contributed by atoms with Gasteiger partial charge in [0, 0.05) is 28.2 Å². The van der Waals surface area contributed by atoms with Crippen LogP contribution in [0.25, 0.3) is 11.3 Å². The summed E-state index contributed by atoms with van der Waals surface area (Å²) in [6.07, 6.45) is 3.51. The van der Waals surface area contributed by atoms with Crippen molar-refractivity contribution in [3.8, 4) is 11.3 Å². The maximum Gasteiger partial charge on any atom is 0.206 e. The summed E-state index contributed by atoms with van der Waals surface area (Å²) >= 11 is 5.05. The van der Waals surface area contributed by atoms with Crippen LogP contribution in [0, 0.1) is 0 Å². The van der Waals surface area contributed by atoms with Crippen molar-refractivity contribution in [2.45, 2.75) is 6.92 Å². The molecule has 0 unspecified atom stereocenters. The van der Waals surface area contributed by atoms with E-state index < -0.39 is 0 Å². The molecule has 4 nitrogen and oxygen atoms in total. The second-order valence-corrected chi connectivity index (χ2v) is 6.45. The Kier molecular flexibility index (Phi) is 5.15. The molecule has 0 aliphatic carbocycles. The van der Waals surface area contributed by atoms with Gasteiger partial charge < -0.3 is 0 Å². The lowest BCUT2D eigenvalue weighted by Gasteiger charge is -2.03.